The molecular formula is C10H9BrClFO. The van der Waals surface area contributed by atoms with Crippen molar-refractivity contribution in [3.05, 3.63) is 35.1 Å². The number of ketones is 1. The third-order valence-corrected chi connectivity index (χ3v) is 2.99. The van der Waals surface area contributed by atoms with Crippen molar-refractivity contribution in [1.29, 1.82) is 0 Å². The summed E-state index contributed by atoms with van der Waals surface area (Å²) in [4.78, 5) is 11.0. The van der Waals surface area contributed by atoms with E-state index in [-0.39, 0.29) is 11.6 Å². The second kappa shape index (κ2) is 4.89. The van der Waals surface area contributed by atoms with Crippen molar-refractivity contribution < 1.29 is 9.18 Å². The number of carbonyl (C=O) groups excluding carboxylic acids is 1. The molecule has 0 aliphatic rings. The second-order valence-electron chi connectivity index (χ2n) is 3.00. The molecule has 0 amide bonds. The first-order valence-corrected chi connectivity index (χ1v) is 5.60. The van der Waals surface area contributed by atoms with Crippen LogP contribution >= 0.6 is 27.5 Å². The van der Waals surface area contributed by atoms with Crippen molar-refractivity contribution >= 4 is 33.3 Å². The van der Waals surface area contributed by atoms with E-state index in [1.54, 1.807) is 6.07 Å². The molecule has 1 atom stereocenters. The summed E-state index contributed by atoms with van der Waals surface area (Å²) in [6.07, 6.45) is 0. The molecule has 0 aliphatic carbocycles. The van der Waals surface area contributed by atoms with Crippen LogP contribution in [0.15, 0.2) is 18.2 Å². The Balaban J connectivity index is 3.08. The normalized spacial score (nSPS) is 12.6. The lowest BCUT2D eigenvalue weighted by molar-refractivity contribution is -0.116. The Labute approximate surface area is 95.4 Å². The fourth-order valence-corrected chi connectivity index (χ4v) is 1.58. The maximum atomic E-state index is 13.0. The van der Waals surface area contributed by atoms with Gasteiger partial charge in [0.05, 0.1) is 0 Å². The molecule has 76 valence electrons. The lowest BCUT2D eigenvalue weighted by atomic mass is 10.1. The number of halogens is 3. The summed E-state index contributed by atoms with van der Waals surface area (Å²) in [6, 6.07) is 4.41. The number of Topliss-reactive ketones (excluding diaryl/α,β-unsaturated/α-hetero) is 1. The molecule has 0 heterocycles. The third-order valence-electron chi connectivity index (χ3n) is 1.78. The van der Waals surface area contributed by atoms with Gasteiger partial charge in [-0.15, -0.1) is 11.6 Å². The van der Waals surface area contributed by atoms with Gasteiger partial charge in [-0.3, -0.25) is 4.79 Å². The minimum absolute atomic E-state index is 0.183. The zero-order chi connectivity index (χ0) is 10.7. The van der Waals surface area contributed by atoms with E-state index in [1.165, 1.54) is 19.1 Å². The standard InChI is InChI=1S/C10H9BrClFO/c1-6(14)10(12)8-2-7(5-11)3-9(13)4-8/h2-4,10H,5H2,1H3. The lowest BCUT2D eigenvalue weighted by Crippen LogP contribution is -2.02. The number of rotatable bonds is 3. The molecule has 1 rings (SSSR count). The quantitative estimate of drug-likeness (QED) is 0.773. The predicted molar refractivity (Wildman–Crippen MR) is 58.3 cm³/mol. The van der Waals surface area contributed by atoms with Gasteiger partial charge >= 0.3 is 0 Å². The van der Waals surface area contributed by atoms with Gasteiger partial charge in [-0.25, -0.2) is 4.39 Å². The van der Waals surface area contributed by atoms with E-state index < -0.39 is 5.38 Å². The highest BCUT2D eigenvalue weighted by Crippen LogP contribution is 2.24. The zero-order valence-electron chi connectivity index (χ0n) is 7.56. The van der Waals surface area contributed by atoms with Crippen LogP contribution in [0.2, 0.25) is 0 Å². The van der Waals surface area contributed by atoms with Gasteiger partial charge in [-0.1, -0.05) is 22.0 Å². The van der Waals surface area contributed by atoms with Gasteiger partial charge < -0.3 is 0 Å². The fourth-order valence-electron chi connectivity index (χ4n) is 1.13. The summed E-state index contributed by atoms with van der Waals surface area (Å²) < 4.78 is 13.0. The lowest BCUT2D eigenvalue weighted by Gasteiger charge is -2.07. The molecule has 1 nitrogen and oxygen atoms in total. The monoisotopic (exact) mass is 278 g/mol. The van der Waals surface area contributed by atoms with Crippen LogP contribution in [0.25, 0.3) is 0 Å². The van der Waals surface area contributed by atoms with Crippen molar-refractivity contribution in [3.63, 3.8) is 0 Å². The Morgan fingerprint density at radius 3 is 2.71 bits per heavy atom. The molecular weight excluding hydrogens is 270 g/mol. The minimum atomic E-state index is -0.761. The largest absolute Gasteiger partial charge is 0.298 e. The van der Waals surface area contributed by atoms with Gasteiger partial charge in [0.1, 0.15) is 11.2 Å². The van der Waals surface area contributed by atoms with E-state index in [0.29, 0.717) is 10.9 Å². The molecule has 0 aliphatic heterocycles. The van der Waals surface area contributed by atoms with Crippen LogP contribution in [0.3, 0.4) is 0 Å². The summed E-state index contributed by atoms with van der Waals surface area (Å²) in [5.41, 5.74) is 1.28. The van der Waals surface area contributed by atoms with Crippen LogP contribution in [-0.4, -0.2) is 5.78 Å². The van der Waals surface area contributed by atoms with Crippen molar-refractivity contribution in [2.45, 2.75) is 17.6 Å². The van der Waals surface area contributed by atoms with E-state index in [2.05, 4.69) is 15.9 Å². The van der Waals surface area contributed by atoms with Crippen LogP contribution in [0.4, 0.5) is 4.39 Å². The zero-order valence-corrected chi connectivity index (χ0v) is 9.90. The van der Waals surface area contributed by atoms with Gasteiger partial charge in [0.25, 0.3) is 0 Å². The van der Waals surface area contributed by atoms with Crippen LogP contribution in [0.5, 0.6) is 0 Å². The van der Waals surface area contributed by atoms with Gasteiger partial charge in [-0.05, 0) is 30.2 Å². The summed E-state index contributed by atoms with van der Waals surface area (Å²) in [5, 5.41) is -0.220. The number of benzene rings is 1. The van der Waals surface area contributed by atoms with E-state index in [1.807, 2.05) is 0 Å². The van der Waals surface area contributed by atoms with Crippen LogP contribution in [0.1, 0.15) is 23.4 Å². The average Bonchev–Trinajstić information content (AvgIpc) is 2.15. The van der Waals surface area contributed by atoms with E-state index in [9.17, 15) is 9.18 Å². The Morgan fingerprint density at radius 1 is 1.57 bits per heavy atom. The molecule has 0 saturated carbocycles. The Hall–Kier alpha value is -0.410. The molecule has 0 bridgehead atoms. The Morgan fingerprint density at radius 2 is 2.21 bits per heavy atom. The maximum Gasteiger partial charge on any atom is 0.152 e. The number of carbonyl (C=O) groups is 1. The molecule has 0 aromatic heterocycles. The Bertz CT molecular complexity index is 354. The molecule has 1 aromatic carbocycles. The fraction of sp³-hybridized carbons (Fsp3) is 0.300. The minimum Gasteiger partial charge on any atom is -0.298 e. The van der Waals surface area contributed by atoms with Gasteiger partial charge in [0, 0.05) is 5.33 Å². The number of hydrogen-bond donors (Lipinski definition) is 0. The summed E-state index contributed by atoms with van der Waals surface area (Å²) in [6.45, 7) is 1.39. The molecule has 0 radical (unpaired) electrons. The summed E-state index contributed by atoms with van der Waals surface area (Å²) in [7, 11) is 0. The molecule has 1 aromatic rings. The smallest absolute Gasteiger partial charge is 0.152 e. The van der Waals surface area contributed by atoms with Gasteiger partial charge in [-0.2, -0.15) is 0 Å². The van der Waals surface area contributed by atoms with Crippen molar-refractivity contribution in [1.82, 2.24) is 0 Å². The first-order valence-electron chi connectivity index (χ1n) is 4.04. The second-order valence-corrected chi connectivity index (χ2v) is 4.00. The maximum absolute atomic E-state index is 13.0. The van der Waals surface area contributed by atoms with Crippen molar-refractivity contribution in [2.75, 3.05) is 0 Å². The Kier molecular flexibility index (Phi) is 4.08. The van der Waals surface area contributed by atoms with Crippen molar-refractivity contribution in [3.8, 4) is 0 Å². The highest BCUT2D eigenvalue weighted by Gasteiger charge is 2.14. The molecule has 14 heavy (non-hydrogen) atoms. The molecule has 1 unspecified atom stereocenters. The predicted octanol–water partition coefficient (Wildman–Crippen LogP) is 3.59. The first-order chi connectivity index (χ1) is 6.54. The van der Waals surface area contributed by atoms with Crippen LogP contribution in [0, 0.1) is 5.82 Å². The summed E-state index contributed by atoms with van der Waals surface area (Å²) >= 11 is 9.03. The van der Waals surface area contributed by atoms with Gasteiger partial charge in [0.2, 0.25) is 0 Å². The van der Waals surface area contributed by atoms with Gasteiger partial charge in [0.15, 0.2) is 5.78 Å². The van der Waals surface area contributed by atoms with E-state index in [0.717, 1.165) is 5.56 Å². The topological polar surface area (TPSA) is 17.1 Å². The molecule has 0 fully saturated rings. The third kappa shape index (κ3) is 2.79. The SMILES string of the molecule is CC(=O)C(Cl)c1cc(F)cc(CBr)c1. The first kappa shape index (κ1) is 11.7. The van der Waals surface area contributed by atoms with Crippen LogP contribution in [-0.2, 0) is 10.1 Å². The van der Waals surface area contributed by atoms with E-state index >= 15 is 0 Å². The highest BCUT2D eigenvalue weighted by atomic mass is 79.9. The molecule has 0 saturated heterocycles. The summed E-state index contributed by atoms with van der Waals surface area (Å²) in [5.74, 6) is -0.554. The molecule has 0 spiro atoms. The number of hydrogen-bond acceptors (Lipinski definition) is 1. The van der Waals surface area contributed by atoms with Crippen LogP contribution < -0.4 is 0 Å². The van der Waals surface area contributed by atoms with Crippen molar-refractivity contribution in [2.24, 2.45) is 0 Å². The number of alkyl halides is 2. The molecule has 0 N–H and O–H groups in total. The average molecular weight is 280 g/mol. The highest BCUT2D eigenvalue weighted by molar-refractivity contribution is 9.08. The molecule has 4 heteroatoms. The van der Waals surface area contributed by atoms with E-state index in [4.69, 9.17) is 11.6 Å².